The zero-order chi connectivity index (χ0) is 9.14. The van der Waals surface area contributed by atoms with Crippen LogP contribution in [0.4, 0.5) is 4.39 Å². The maximum Gasteiger partial charge on any atom is 0.140 e. The highest BCUT2D eigenvalue weighted by molar-refractivity contribution is 9.10. The second-order valence-electron chi connectivity index (χ2n) is 2.68. The summed E-state index contributed by atoms with van der Waals surface area (Å²) in [6.45, 7) is 2.33. The van der Waals surface area contributed by atoms with Crippen molar-refractivity contribution < 1.29 is 4.39 Å². The molecule has 3 heteroatoms. The summed E-state index contributed by atoms with van der Waals surface area (Å²) in [6.07, 6.45) is 0.732. The first-order valence-corrected chi connectivity index (χ1v) is 4.59. The average molecular weight is 232 g/mol. The standard InChI is InChI=1S/C9H11BrFN/c1-6-7(4-5-12)2-3-8(10)9(6)11/h2-3H,4-5,12H2,1H3. The molecule has 0 aliphatic rings. The minimum Gasteiger partial charge on any atom is -0.330 e. The van der Waals surface area contributed by atoms with E-state index in [1.165, 1.54) is 0 Å². The van der Waals surface area contributed by atoms with E-state index in [0.717, 1.165) is 12.0 Å². The van der Waals surface area contributed by atoms with Crippen molar-refractivity contribution >= 4 is 15.9 Å². The molecule has 0 aliphatic carbocycles. The molecule has 0 aromatic heterocycles. The fraction of sp³-hybridized carbons (Fsp3) is 0.333. The van der Waals surface area contributed by atoms with Gasteiger partial charge in [0.15, 0.2) is 0 Å². The Morgan fingerprint density at radius 2 is 2.17 bits per heavy atom. The predicted octanol–water partition coefficient (Wildman–Crippen LogP) is 2.40. The first-order valence-electron chi connectivity index (χ1n) is 3.80. The molecule has 0 bridgehead atoms. The number of benzene rings is 1. The van der Waals surface area contributed by atoms with E-state index in [9.17, 15) is 4.39 Å². The molecule has 0 saturated carbocycles. The van der Waals surface area contributed by atoms with E-state index in [0.29, 0.717) is 16.6 Å². The summed E-state index contributed by atoms with van der Waals surface area (Å²) in [5.74, 6) is -0.180. The quantitative estimate of drug-likeness (QED) is 0.832. The van der Waals surface area contributed by atoms with Gasteiger partial charge in [-0.1, -0.05) is 6.07 Å². The topological polar surface area (TPSA) is 26.0 Å². The lowest BCUT2D eigenvalue weighted by Gasteiger charge is -2.05. The van der Waals surface area contributed by atoms with Gasteiger partial charge in [-0.05, 0) is 53.0 Å². The fourth-order valence-electron chi connectivity index (χ4n) is 1.12. The number of halogens is 2. The van der Waals surface area contributed by atoms with Gasteiger partial charge in [-0.25, -0.2) is 4.39 Å². The normalized spacial score (nSPS) is 10.3. The van der Waals surface area contributed by atoms with Gasteiger partial charge in [0.25, 0.3) is 0 Å². The molecule has 0 atom stereocenters. The predicted molar refractivity (Wildman–Crippen MR) is 51.6 cm³/mol. The Bertz CT molecular complexity index is 286. The van der Waals surface area contributed by atoms with Crippen LogP contribution in [0.25, 0.3) is 0 Å². The third kappa shape index (κ3) is 1.84. The van der Waals surface area contributed by atoms with Crippen LogP contribution >= 0.6 is 15.9 Å². The summed E-state index contributed by atoms with van der Waals surface area (Å²) >= 11 is 3.13. The van der Waals surface area contributed by atoms with Crippen LogP contribution in [0.15, 0.2) is 16.6 Å². The molecule has 0 unspecified atom stereocenters. The van der Waals surface area contributed by atoms with Crippen LogP contribution in [0.1, 0.15) is 11.1 Å². The SMILES string of the molecule is Cc1c(CCN)ccc(Br)c1F. The van der Waals surface area contributed by atoms with Crippen molar-refractivity contribution in [3.63, 3.8) is 0 Å². The van der Waals surface area contributed by atoms with Crippen molar-refractivity contribution in [1.29, 1.82) is 0 Å². The summed E-state index contributed by atoms with van der Waals surface area (Å²) in [4.78, 5) is 0. The molecule has 1 aromatic carbocycles. The van der Waals surface area contributed by atoms with Gasteiger partial charge in [0.05, 0.1) is 4.47 Å². The van der Waals surface area contributed by atoms with E-state index in [2.05, 4.69) is 15.9 Å². The van der Waals surface area contributed by atoms with Crippen molar-refractivity contribution in [2.24, 2.45) is 5.73 Å². The molecule has 0 saturated heterocycles. The highest BCUT2D eigenvalue weighted by Crippen LogP contribution is 2.21. The zero-order valence-corrected chi connectivity index (χ0v) is 8.49. The number of hydrogen-bond donors (Lipinski definition) is 1. The zero-order valence-electron chi connectivity index (χ0n) is 6.90. The highest BCUT2D eigenvalue weighted by atomic mass is 79.9. The molecule has 0 fully saturated rings. The molecule has 0 amide bonds. The fourth-order valence-corrected chi connectivity index (χ4v) is 1.55. The monoisotopic (exact) mass is 231 g/mol. The molecule has 66 valence electrons. The third-order valence-corrected chi connectivity index (χ3v) is 2.48. The van der Waals surface area contributed by atoms with E-state index in [1.54, 1.807) is 13.0 Å². The highest BCUT2D eigenvalue weighted by Gasteiger charge is 2.06. The van der Waals surface area contributed by atoms with Crippen LogP contribution in [0, 0.1) is 12.7 Å². The van der Waals surface area contributed by atoms with Crippen LogP contribution in [0.5, 0.6) is 0 Å². The van der Waals surface area contributed by atoms with Gasteiger partial charge >= 0.3 is 0 Å². The summed E-state index contributed by atoms with van der Waals surface area (Å²) in [5.41, 5.74) is 7.06. The summed E-state index contributed by atoms with van der Waals surface area (Å²) in [7, 11) is 0. The molecule has 0 aliphatic heterocycles. The van der Waals surface area contributed by atoms with Gasteiger partial charge in [0, 0.05) is 0 Å². The van der Waals surface area contributed by atoms with Crippen molar-refractivity contribution in [2.45, 2.75) is 13.3 Å². The van der Waals surface area contributed by atoms with Gasteiger partial charge in [-0.2, -0.15) is 0 Å². The molecule has 2 N–H and O–H groups in total. The van der Waals surface area contributed by atoms with Crippen LogP contribution in [-0.2, 0) is 6.42 Å². The number of hydrogen-bond acceptors (Lipinski definition) is 1. The van der Waals surface area contributed by atoms with Gasteiger partial charge in [-0.15, -0.1) is 0 Å². The largest absolute Gasteiger partial charge is 0.330 e. The second-order valence-corrected chi connectivity index (χ2v) is 3.54. The maximum absolute atomic E-state index is 13.2. The Morgan fingerprint density at radius 1 is 1.50 bits per heavy atom. The van der Waals surface area contributed by atoms with E-state index >= 15 is 0 Å². The lowest BCUT2D eigenvalue weighted by atomic mass is 10.1. The van der Waals surface area contributed by atoms with Crippen molar-refractivity contribution in [3.05, 3.63) is 33.5 Å². The Morgan fingerprint density at radius 3 is 2.75 bits per heavy atom. The van der Waals surface area contributed by atoms with E-state index in [4.69, 9.17) is 5.73 Å². The minimum absolute atomic E-state index is 0.180. The van der Waals surface area contributed by atoms with Gasteiger partial charge in [0.2, 0.25) is 0 Å². The molecular weight excluding hydrogens is 221 g/mol. The first kappa shape index (κ1) is 9.68. The Kier molecular flexibility index (Phi) is 3.23. The smallest absolute Gasteiger partial charge is 0.140 e. The molecule has 0 heterocycles. The lowest BCUT2D eigenvalue weighted by molar-refractivity contribution is 0.608. The van der Waals surface area contributed by atoms with E-state index < -0.39 is 0 Å². The van der Waals surface area contributed by atoms with Crippen molar-refractivity contribution in [1.82, 2.24) is 0 Å². The molecule has 1 rings (SSSR count). The molecule has 1 aromatic rings. The van der Waals surface area contributed by atoms with E-state index in [-0.39, 0.29) is 5.82 Å². The van der Waals surface area contributed by atoms with Crippen LogP contribution in [-0.4, -0.2) is 6.54 Å². The molecular formula is C9H11BrFN. The maximum atomic E-state index is 13.2. The van der Waals surface area contributed by atoms with Crippen LogP contribution in [0.2, 0.25) is 0 Å². The van der Waals surface area contributed by atoms with Crippen LogP contribution < -0.4 is 5.73 Å². The average Bonchev–Trinajstić information content (AvgIpc) is 2.07. The molecule has 12 heavy (non-hydrogen) atoms. The third-order valence-electron chi connectivity index (χ3n) is 1.87. The Balaban J connectivity index is 3.08. The number of rotatable bonds is 2. The Hall–Kier alpha value is -0.410. The summed E-state index contributed by atoms with van der Waals surface area (Å²) in [6, 6.07) is 3.61. The van der Waals surface area contributed by atoms with Crippen LogP contribution in [0.3, 0.4) is 0 Å². The summed E-state index contributed by atoms with van der Waals surface area (Å²) in [5, 5.41) is 0. The van der Waals surface area contributed by atoms with Crippen molar-refractivity contribution in [2.75, 3.05) is 6.54 Å². The van der Waals surface area contributed by atoms with Gasteiger partial charge in [-0.3, -0.25) is 0 Å². The number of nitrogens with two attached hydrogens (primary N) is 1. The van der Waals surface area contributed by atoms with Gasteiger partial charge in [0.1, 0.15) is 5.82 Å². The molecule has 0 spiro atoms. The molecule has 1 nitrogen and oxygen atoms in total. The second kappa shape index (κ2) is 4.01. The van der Waals surface area contributed by atoms with Gasteiger partial charge < -0.3 is 5.73 Å². The summed E-state index contributed by atoms with van der Waals surface area (Å²) < 4.78 is 13.7. The Labute approximate surface area is 79.9 Å². The minimum atomic E-state index is -0.180. The van der Waals surface area contributed by atoms with Crippen molar-refractivity contribution in [3.8, 4) is 0 Å². The molecule has 0 radical (unpaired) electrons. The first-order chi connectivity index (χ1) is 5.66. The lowest BCUT2D eigenvalue weighted by Crippen LogP contribution is -2.05. The van der Waals surface area contributed by atoms with E-state index in [1.807, 2.05) is 6.07 Å².